The molecule has 0 unspecified atom stereocenters. The molecule has 3 aromatic rings. The highest BCUT2D eigenvalue weighted by Crippen LogP contribution is 2.29. The molecule has 1 amide bonds. The summed E-state index contributed by atoms with van der Waals surface area (Å²) in [6.07, 6.45) is 1.70. The van der Waals surface area contributed by atoms with Gasteiger partial charge in [-0.1, -0.05) is 17.7 Å². The fourth-order valence-corrected chi connectivity index (χ4v) is 4.68. The first-order valence-electron chi connectivity index (χ1n) is 8.00. The van der Waals surface area contributed by atoms with E-state index in [1.807, 2.05) is 46.7 Å². The Morgan fingerprint density at radius 3 is 2.52 bits per heavy atom. The molecule has 1 saturated heterocycles. The molecular formula is C18H16ClN3OS2. The van der Waals surface area contributed by atoms with Gasteiger partial charge in [-0.05, 0) is 35.7 Å². The molecule has 1 aromatic carbocycles. The van der Waals surface area contributed by atoms with Crippen LogP contribution in [0.25, 0.3) is 9.88 Å². The number of hydrogen-bond acceptors (Lipinski definition) is 5. The minimum atomic E-state index is 0.0797. The molecule has 1 fully saturated rings. The van der Waals surface area contributed by atoms with Crippen molar-refractivity contribution in [2.24, 2.45) is 0 Å². The Kier molecular flexibility index (Phi) is 4.74. The lowest BCUT2D eigenvalue weighted by atomic mass is 10.2. The van der Waals surface area contributed by atoms with Gasteiger partial charge in [0.05, 0.1) is 11.1 Å². The van der Waals surface area contributed by atoms with Crippen molar-refractivity contribution in [2.45, 2.75) is 0 Å². The molecule has 1 aliphatic rings. The van der Waals surface area contributed by atoms with E-state index < -0.39 is 0 Å². The highest BCUT2D eigenvalue weighted by Gasteiger charge is 2.24. The molecule has 0 spiro atoms. The minimum Gasteiger partial charge on any atom is -0.368 e. The smallest absolute Gasteiger partial charge is 0.265 e. The maximum Gasteiger partial charge on any atom is 0.265 e. The van der Waals surface area contributed by atoms with Gasteiger partial charge in [0.2, 0.25) is 0 Å². The van der Waals surface area contributed by atoms with Crippen molar-refractivity contribution in [3.05, 3.63) is 57.9 Å². The Hall–Kier alpha value is -1.89. The molecule has 7 heteroatoms. The minimum absolute atomic E-state index is 0.0797. The summed E-state index contributed by atoms with van der Waals surface area (Å²) in [5, 5.41) is 3.68. The van der Waals surface area contributed by atoms with Crippen LogP contribution >= 0.6 is 34.3 Å². The highest BCUT2D eigenvalue weighted by atomic mass is 35.5. The maximum atomic E-state index is 12.7. The molecule has 128 valence electrons. The normalized spacial score (nSPS) is 14.8. The number of thiazole rings is 1. The van der Waals surface area contributed by atoms with E-state index in [-0.39, 0.29) is 5.91 Å². The molecule has 3 heterocycles. The second-order valence-electron chi connectivity index (χ2n) is 5.76. The summed E-state index contributed by atoms with van der Waals surface area (Å²) in [5.74, 6) is 0.0797. The van der Waals surface area contributed by atoms with Crippen LogP contribution in [0.5, 0.6) is 0 Å². The average molecular weight is 390 g/mol. The summed E-state index contributed by atoms with van der Waals surface area (Å²) in [4.78, 5) is 23.2. The zero-order valence-electron chi connectivity index (χ0n) is 13.4. The number of carbonyl (C=O) groups excluding carboxylic acids is 1. The number of thiophene rings is 1. The summed E-state index contributed by atoms with van der Waals surface area (Å²) in [6.45, 7) is 3.08. The van der Waals surface area contributed by atoms with Crippen molar-refractivity contribution in [3.63, 3.8) is 0 Å². The first-order valence-corrected chi connectivity index (χ1v) is 10.1. The van der Waals surface area contributed by atoms with Crippen LogP contribution in [0, 0.1) is 0 Å². The lowest BCUT2D eigenvalue weighted by Crippen LogP contribution is -2.48. The van der Waals surface area contributed by atoms with Crippen molar-refractivity contribution < 1.29 is 4.79 Å². The van der Waals surface area contributed by atoms with Crippen molar-refractivity contribution in [1.82, 2.24) is 9.88 Å². The third-order valence-electron chi connectivity index (χ3n) is 4.21. The van der Waals surface area contributed by atoms with Crippen molar-refractivity contribution in [2.75, 3.05) is 31.1 Å². The molecule has 2 aromatic heterocycles. The number of carbonyl (C=O) groups is 1. The van der Waals surface area contributed by atoms with Crippen LogP contribution < -0.4 is 4.90 Å². The Balaban J connectivity index is 1.40. The first kappa shape index (κ1) is 16.6. The quantitative estimate of drug-likeness (QED) is 0.662. The Bertz CT molecular complexity index is 853. The first-order chi connectivity index (χ1) is 12.2. The molecule has 0 N–H and O–H groups in total. The number of halogens is 1. The van der Waals surface area contributed by atoms with E-state index in [0.717, 1.165) is 33.7 Å². The van der Waals surface area contributed by atoms with Crippen LogP contribution in [0.3, 0.4) is 0 Å². The molecule has 4 nitrogen and oxygen atoms in total. The Morgan fingerprint density at radius 1 is 1.08 bits per heavy atom. The van der Waals surface area contributed by atoms with Crippen molar-refractivity contribution >= 4 is 45.9 Å². The molecule has 4 rings (SSSR count). The van der Waals surface area contributed by atoms with Gasteiger partial charge in [0.25, 0.3) is 5.91 Å². The average Bonchev–Trinajstić information content (AvgIpc) is 3.33. The lowest BCUT2D eigenvalue weighted by Gasteiger charge is -2.35. The molecule has 25 heavy (non-hydrogen) atoms. The van der Waals surface area contributed by atoms with Gasteiger partial charge in [-0.3, -0.25) is 4.79 Å². The predicted molar refractivity (Wildman–Crippen MR) is 105 cm³/mol. The van der Waals surface area contributed by atoms with E-state index in [2.05, 4.69) is 9.88 Å². The predicted octanol–water partition coefficient (Wildman–Crippen LogP) is 4.49. The van der Waals surface area contributed by atoms with Crippen LogP contribution in [0.15, 0.2) is 48.0 Å². The second kappa shape index (κ2) is 7.15. The lowest BCUT2D eigenvalue weighted by molar-refractivity contribution is 0.0751. The highest BCUT2D eigenvalue weighted by molar-refractivity contribution is 7.21. The molecule has 1 aliphatic heterocycles. The summed E-state index contributed by atoms with van der Waals surface area (Å²) in [6, 6.07) is 11.9. The van der Waals surface area contributed by atoms with E-state index in [1.165, 1.54) is 11.3 Å². The van der Waals surface area contributed by atoms with Crippen LogP contribution in [0.4, 0.5) is 5.69 Å². The van der Waals surface area contributed by atoms with Gasteiger partial charge in [-0.25, -0.2) is 4.98 Å². The van der Waals surface area contributed by atoms with Crippen LogP contribution in [-0.4, -0.2) is 42.0 Å². The number of rotatable bonds is 3. The fraction of sp³-hybridized carbons (Fsp3) is 0.222. The number of aromatic nitrogens is 1. The number of hydrogen-bond donors (Lipinski definition) is 0. The van der Waals surface area contributed by atoms with Gasteiger partial charge in [-0.15, -0.1) is 22.7 Å². The summed E-state index contributed by atoms with van der Waals surface area (Å²) < 4.78 is 0. The largest absolute Gasteiger partial charge is 0.368 e. The molecule has 0 bridgehead atoms. The number of anilines is 1. The fourth-order valence-electron chi connectivity index (χ4n) is 2.86. The number of nitrogens with zero attached hydrogens (tertiary/aromatic N) is 3. The third kappa shape index (κ3) is 3.56. The summed E-state index contributed by atoms with van der Waals surface area (Å²) >= 11 is 9.06. The van der Waals surface area contributed by atoms with Gasteiger partial charge in [-0.2, -0.15) is 0 Å². The van der Waals surface area contributed by atoms with E-state index in [1.54, 1.807) is 17.5 Å². The molecule has 0 radical (unpaired) electrons. The summed E-state index contributed by atoms with van der Waals surface area (Å²) in [5.41, 5.74) is 1.15. The molecule has 0 saturated carbocycles. The van der Waals surface area contributed by atoms with Crippen LogP contribution in [0.2, 0.25) is 5.02 Å². The molecule has 0 aliphatic carbocycles. The zero-order chi connectivity index (χ0) is 17.2. The zero-order valence-corrected chi connectivity index (χ0v) is 15.8. The van der Waals surface area contributed by atoms with E-state index in [0.29, 0.717) is 18.0 Å². The van der Waals surface area contributed by atoms with Crippen molar-refractivity contribution in [3.8, 4) is 9.88 Å². The summed E-state index contributed by atoms with van der Waals surface area (Å²) in [7, 11) is 0. The number of piperazine rings is 1. The van der Waals surface area contributed by atoms with Crippen LogP contribution in [0.1, 0.15) is 9.67 Å². The van der Waals surface area contributed by atoms with E-state index in [4.69, 9.17) is 11.6 Å². The standard InChI is InChI=1S/C18H16ClN3OS2/c19-13-3-5-14(6-4-13)21-7-9-22(10-8-21)18(23)16-12-20-17(25-16)15-2-1-11-24-15/h1-6,11-12H,7-10H2. The van der Waals surface area contributed by atoms with Crippen LogP contribution in [-0.2, 0) is 0 Å². The molecular weight excluding hydrogens is 374 g/mol. The second-order valence-corrected chi connectivity index (χ2v) is 8.18. The number of amides is 1. The van der Waals surface area contributed by atoms with E-state index in [9.17, 15) is 4.79 Å². The monoisotopic (exact) mass is 389 g/mol. The van der Waals surface area contributed by atoms with Gasteiger partial charge in [0.15, 0.2) is 0 Å². The van der Waals surface area contributed by atoms with Crippen molar-refractivity contribution in [1.29, 1.82) is 0 Å². The number of benzene rings is 1. The molecule has 0 atom stereocenters. The van der Waals surface area contributed by atoms with Gasteiger partial charge in [0.1, 0.15) is 9.88 Å². The van der Waals surface area contributed by atoms with Gasteiger partial charge >= 0.3 is 0 Å². The Labute approximate surface area is 159 Å². The Morgan fingerprint density at radius 2 is 1.84 bits per heavy atom. The van der Waals surface area contributed by atoms with Gasteiger partial charge < -0.3 is 9.80 Å². The van der Waals surface area contributed by atoms with Gasteiger partial charge in [0, 0.05) is 36.9 Å². The maximum absolute atomic E-state index is 12.7. The topological polar surface area (TPSA) is 36.4 Å². The third-order valence-corrected chi connectivity index (χ3v) is 6.48. The van der Waals surface area contributed by atoms with E-state index >= 15 is 0 Å². The SMILES string of the molecule is O=C(c1cnc(-c2cccs2)s1)N1CCN(c2ccc(Cl)cc2)CC1.